The van der Waals surface area contributed by atoms with E-state index in [1.807, 2.05) is 6.07 Å². The summed E-state index contributed by atoms with van der Waals surface area (Å²) in [4.78, 5) is 12.3. The van der Waals surface area contributed by atoms with E-state index < -0.39 is 11.7 Å². The zero-order valence-corrected chi connectivity index (χ0v) is 13.4. The molecule has 23 heavy (non-hydrogen) atoms. The van der Waals surface area contributed by atoms with Crippen LogP contribution in [0.15, 0.2) is 23.8 Å². The molecule has 2 rings (SSSR count). The van der Waals surface area contributed by atoms with Gasteiger partial charge in [-0.3, -0.25) is 4.79 Å². The molecule has 0 spiro atoms. The molecule has 2 atom stereocenters. The highest BCUT2D eigenvalue weighted by atomic mass is 19.1. The van der Waals surface area contributed by atoms with Gasteiger partial charge in [-0.1, -0.05) is 25.8 Å². The molecule has 1 aromatic rings. The van der Waals surface area contributed by atoms with Crippen LogP contribution in [0.5, 0.6) is 5.75 Å². The molecule has 4 nitrogen and oxygen atoms in total. The third-order valence-electron chi connectivity index (χ3n) is 4.28. The summed E-state index contributed by atoms with van der Waals surface area (Å²) in [5.74, 6) is -0.394. The maximum Gasteiger partial charge on any atom is 0.262 e. The van der Waals surface area contributed by atoms with Gasteiger partial charge in [-0.25, -0.2) is 4.39 Å². The number of ether oxygens (including phenoxy) is 1. The van der Waals surface area contributed by atoms with Gasteiger partial charge in [-0.2, -0.15) is 5.26 Å². The van der Waals surface area contributed by atoms with Gasteiger partial charge in [0, 0.05) is 6.04 Å². The number of carbonyl (C=O) groups excluding carboxylic acids is 1. The number of hydrogen-bond donors (Lipinski definition) is 1. The Morgan fingerprint density at radius 2 is 2.17 bits per heavy atom. The molecule has 0 saturated heterocycles. The Labute approximate surface area is 135 Å². The fraction of sp³-hybridized carbons (Fsp3) is 0.444. The maximum absolute atomic E-state index is 13.7. The molecule has 0 bridgehead atoms. The first-order chi connectivity index (χ1) is 11.0. The predicted molar refractivity (Wildman–Crippen MR) is 86.1 cm³/mol. The normalized spacial score (nSPS) is 21.4. The summed E-state index contributed by atoms with van der Waals surface area (Å²) in [6.45, 7) is 2.11. The number of methoxy groups -OCH3 is 1. The molecule has 0 unspecified atom stereocenters. The van der Waals surface area contributed by atoms with E-state index in [9.17, 15) is 14.4 Å². The second-order valence-corrected chi connectivity index (χ2v) is 5.91. The van der Waals surface area contributed by atoms with Crippen LogP contribution in [0.25, 0.3) is 6.08 Å². The summed E-state index contributed by atoms with van der Waals surface area (Å²) in [7, 11) is 1.38. The summed E-state index contributed by atoms with van der Waals surface area (Å²) in [6.07, 6.45) is 5.68. The van der Waals surface area contributed by atoms with Gasteiger partial charge in [0.05, 0.1) is 7.11 Å². The van der Waals surface area contributed by atoms with Crippen LogP contribution in [0.4, 0.5) is 4.39 Å². The van der Waals surface area contributed by atoms with Crippen molar-refractivity contribution in [1.82, 2.24) is 5.32 Å². The van der Waals surface area contributed by atoms with E-state index in [1.54, 1.807) is 6.07 Å². The molecule has 1 N–H and O–H groups in total. The third kappa shape index (κ3) is 4.32. The number of nitrogens with one attached hydrogen (secondary N) is 1. The minimum absolute atomic E-state index is 0.0210. The second kappa shape index (κ2) is 7.77. The van der Waals surface area contributed by atoms with Crippen LogP contribution in [-0.4, -0.2) is 19.1 Å². The molecule has 1 aromatic carbocycles. The Kier molecular flexibility index (Phi) is 5.75. The van der Waals surface area contributed by atoms with E-state index >= 15 is 0 Å². The highest BCUT2D eigenvalue weighted by Crippen LogP contribution is 2.24. The fourth-order valence-electron chi connectivity index (χ4n) is 2.86. The van der Waals surface area contributed by atoms with Gasteiger partial charge in [0.15, 0.2) is 11.6 Å². The summed E-state index contributed by atoms with van der Waals surface area (Å²) in [5.41, 5.74) is 0.430. The van der Waals surface area contributed by atoms with Gasteiger partial charge in [-0.15, -0.1) is 0 Å². The number of rotatable bonds is 4. The molecule has 1 saturated carbocycles. The van der Waals surface area contributed by atoms with Crippen molar-refractivity contribution >= 4 is 12.0 Å². The van der Waals surface area contributed by atoms with E-state index in [1.165, 1.54) is 31.7 Å². The smallest absolute Gasteiger partial charge is 0.262 e. The van der Waals surface area contributed by atoms with Crippen LogP contribution >= 0.6 is 0 Å². The van der Waals surface area contributed by atoms with Crippen LogP contribution in [0, 0.1) is 23.1 Å². The summed E-state index contributed by atoms with van der Waals surface area (Å²) >= 11 is 0. The van der Waals surface area contributed by atoms with Crippen LogP contribution < -0.4 is 10.1 Å². The first-order valence-electron chi connectivity index (χ1n) is 7.81. The largest absolute Gasteiger partial charge is 0.494 e. The van der Waals surface area contributed by atoms with Crippen LogP contribution in [0.1, 0.15) is 38.2 Å². The summed E-state index contributed by atoms with van der Waals surface area (Å²) < 4.78 is 18.5. The van der Waals surface area contributed by atoms with Gasteiger partial charge in [0.2, 0.25) is 0 Å². The molecule has 1 amide bonds. The minimum atomic E-state index is -0.528. The van der Waals surface area contributed by atoms with E-state index in [-0.39, 0.29) is 17.4 Å². The Morgan fingerprint density at radius 3 is 2.78 bits per heavy atom. The highest BCUT2D eigenvalue weighted by Gasteiger charge is 2.24. The van der Waals surface area contributed by atoms with E-state index in [4.69, 9.17) is 4.74 Å². The Morgan fingerprint density at radius 1 is 1.43 bits per heavy atom. The molecule has 0 heterocycles. The van der Waals surface area contributed by atoms with Crippen LogP contribution in [-0.2, 0) is 4.79 Å². The lowest BCUT2D eigenvalue weighted by molar-refractivity contribution is -0.118. The molecule has 1 aliphatic carbocycles. The lowest BCUT2D eigenvalue weighted by Gasteiger charge is -2.29. The topological polar surface area (TPSA) is 62.1 Å². The quantitative estimate of drug-likeness (QED) is 0.684. The van der Waals surface area contributed by atoms with Gasteiger partial charge < -0.3 is 10.1 Å². The minimum Gasteiger partial charge on any atom is -0.494 e. The average molecular weight is 316 g/mol. The fourth-order valence-corrected chi connectivity index (χ4v) is 2.86. The number of carbonyl (C=O) groups is 1. The molecule has 1 fully saturated rings. The van der Waals surface area contributed by atoms with Gasteiger partial charge in [0.25, 0.3) is 5.91 Å². The van der Waals surface area contributed by atoms with Gasteiger partial charge >= 0.3 is 0 Å². The van der Waals surface area contributed by atoms with Crippen molar-refractivity contribution < 1.29 is 13.9 Å². The maximum atomic E-state index is 13.7. The Hall–Kier alpha value is -2.35. The summed E-state index contributed by atoms with van der Waals surface area (Å²) in [5, 5.41) is 12.2. The van der Waals surface area contributed by atoms with Gasteiger partial charge in [0.1, 0.15) is 11.6 Å². The second-order valence-electron chi connectivity index (χ2n) is 5.91. The van der Waals surface area contributed by atoms with Crippen molar-refractivity contribution in [2.24, 2.45) is 5.92 Å². The van der Waals surface area contributed by atoms with E-state index in [0.717, 1.165) is 19.3 Å². The standard InChI is InChI=1S/C18H21FN2O2/c1-12-5-3-4-6-16(12)21-18(22)14(11-20)9-13-7-8-17(23-2)15(19)10-13/h7-10,12,16H,3-6H2,1-2H3,(H,21,22)/b14-9+/t12-,16-/m1/s1. The Bertz CT molecular complexity index is 649. The van der Waals surface area contributed by atoms with Crippen molar-refractivity contribution in [3.8, 4) is 11.8 Å². The van der Waals surface area contributed by atoms with E-state index in [0.29, 0.717) is 11.5 Å². The van der Waals surface area contributed by atoms with Crippen molar-refractivity contribution in [3.05, 3.63) is 35.2 Å². The van der Waals surface area contributed by atoms with Crippen LogP contribution in [0.3, 0.4) is 0 Å². The van der Waals surface area contributed by atoms with Crippen molar-refractivity contribution in [2.45, 2.75) is 38.6 Å². The molecule has 1 aliphatic rings. The third-order valence-corrected chi connectivity index (χ3v) is 4.28. The number of nitrogens with zero attached hydrogens (tertiary/aromatic N) is 1. The number of amides is 1. The number of nitriles is 1. The molecular weight excluding hydrogens is 295 g/mol. The number of hydrogen-bond acceptors (Lipinski definition) is 3. The SMILES string of the molecule is COc1ccc(/C=C(\C#N)C(=O)N[C@@H]2CCCC[C@H]2C)cc1F. The number of halogens is 1. The molecule has 5 heteroatoms. The highest BCUT2D eigenvalue weighted by molar-refractivity contribution is 6.01. The molecular formula is C18H21FN2O2. The first kappa shape index (κ1) is 17.0. The van der Waals surface area contributed by atoms with Crippen molar-refractivity contribution in [1.29, 1.82) is 5.26 Å². The van der Waals surface area contributed by atoms with Gasteiger partial charge in [-0.05, 0) is 42.5 Å². The van der Waals surface area contributed by atoms with Crippen molar-refractivity contribution in [3.63, 3.8) is 0 Å². The molecule has 0 aromatic heterocycles. The molecule has 0 radical (unpaired) electrons. The molecule has 0 aliphatic heterocycles. The van der Waals surface area contributed by atoms with Crippen molar-refractivity contribution in [2.75, 3.05) is 7.11 Å². The Balaban J connectivity index is 2.13. The zero-order valence-electron chi connectivity index (χ0n) is 13.4. The first-order valence-corrected chi connectivity index (χ1v) is 7.81. The zero-order chi connectivity index (χ0) is 16.8. The molecule has 122 valence electrons. The number of benzene rings is 1. The van der Waals surface area contributed by atoms with Crippen LogP contribution in [0.2, 0.25) is 0 Å². The predicted octanol–water partition coefficient (Wildman–Crippen LogP) is 3.44. The lowest BCUT2D eigenvalue weighted by atomic mass is 9.86. The monoisotopic (exact) mass is 316 g/mol. The van der Waals surface area contributed by atoms with E-state index in [2.05, 4.69) is 12.2 Å². The summed E-state index contributed by atoms with van der Waals surface area (Å²) in [6, 6.07) is 6.32. The average Bonchev–Trinajstić information content (AvgIpc) is 2.54. The lowest BCUT2D eigenvalue weighted by Crippen LogP contribution is -2.41.